The van der Waals surface area contributed by atoms with Gasteiger partial charge in [0, 0.05) is 11.1 Å². The molecular formula is C17H17BrN2O4. The molecule has 0 atom stereocenters. The van der Waals surface area contributed by atoms with E-state index in [0.717, 1.165) is 0 Å². The lowest BCUT2D eigenvalue weighted by molar-refractivity contribution is 0.0954. The molecule has 6 nitrogen and oxygen atoms in total. The van der Waals surface area contributed by atoms with Crippen molar-refractivity contribution in [2.45, 2.75) is 6.92 Å². The number of nitrogens with one attached hydrogen (secondary N) is 1. The van der Waals surface area contributed by atoms with Gasteiger partial charge in [-0.05, 0) is 47.1 Å². The van der Waals surface area contributed by atoms with E-state index in [1.165, 1.54) is 19.4 Å². The number of benzene rings is 2. The number of amides is 1. The van der Waals surface area contributed by atoms with Crippen LogP contribution in [-0.4, -0.2) is 30.9 Å². The highest BCUT2D eigenvalue weighted by Crippen LogP contribution is 2.36. The van der Waals surface area contributed by atoms with Gasteiger partial charge in [-0.25, -0.2) is 5.43 Å². The number of phenolic OH excluding ortho intramolecular Hbond substituents is 1. The second-order valence-electron chi connectivity index (χ2n) is 4.68. The van der Waals surface area contributed by atoms with Crippen LogP contribution in [-0.2, 0) is 0 Å². The van der Waals surface area contributed by atoms with Gasteiger partial charge in [0.25, 0.3) is 5.91 Å². The quantitative estimate of drug-likeness (QED) is 0.583. The molecule has 0 fully saturated rings. The molecule has 0 spiro atoms. The van der Waals surface area contributed by atoms with Crippen molar-refractivity contribution in [1.82, 2.24) is 5.43 Å². The summed E-state index contributed by atoms with van der Waals surface area (Å²) in [6, 6.07) is 9.88. The van der Waals surface area contributed by atoms with Crippen LogP contribution in [0.3, 0.4) is 0 Å². The maximum Gasteiger partial charge on any atom is 0.271 e. The van der Waals surface area contributed by atoms with Crippen molar-refractivity contribution < 1.29 is 19.4 Å². The Balaban J connectivity index is 2.15. The Bertz CT molecular complexity index is 762. The molecule has 2 aromatic carbocycles. The van der Waals surface area contributed by atoms with Gasteiger partial charge in [0.15, 0.2) is 11.5 Å². The molecule has 0 aliphatic carbocycles. The number of carbonyl (C=O) groups is 1. The molecule has 0 aliphatic rings. The number of carbonyl (C=O) groups excluding carboxylic acids is 1. The van der Waals surface area contributed by atoms with Crippen LogP contribution in [0.15, 0.2) is 46.0 Å². The van der Waals surface area contributed by atoms with Crippen LogP contribution in [0.2, 0.25) is 0 Å². The number of phenols is 1. The van der Waals surface area contributed by atoms with Gasteiger partial charge in [-0.2, -0.15) is 5.10 Å². The largest absolute Gasteiger partial charge is 0.507 e. The third-order valence-electron chi connectivity index (χ3n) is 3.09. The maximum absolute atomic E-state index is 12.2. The van der Waals surface area contributed by atoms with E-state index in [1.807, 2.05) is 6.92 Å². The molecule has 0 bridgehead atoms. The zero-order valence-corrected chi connectivity index (χ0v) is 14.8. The number of ether oxygens (including phenoxy) is 2. The van der Waals surface area contributed by atoms with Crippen LogP contribution in [0.5, 0.6) is 17.2 Å². The normalized spacial score (nSPS) is 10.6. The first-order chi connectivity index (χ1) is 11.6. The Morgan fingerprint density at radius 3 is 2.79 bits per heavy atom. The maximum atomic E-state index is 12.2. The summed E-state index contributed by atoms with van der Waals surface area (Å²) in [6.07, 6.45) is 1.37. The summed E-state index contributed by atoms with van der Waals surface area (Å²) < 4.78 is 11.3. The number of hydrogen-bond donors (Lipinski definition) is 2. The molecule has 7 heteroatoms. The number of methoxy groups -OCH3 is 1. The summed E-state index contributed by atoms with van der Waals surface area (Å²) >= 11 is 3.37. The highest BCUT2D eigenvalue weighted by molar-refractivity contribution is 9.10. The van der Waals surface area contributed by atoms with Crippen molar-refractivity contribution in [3.05, 3.63) is 52.0 Å². The summed E-state index contributed by atoms with van der Waals surface area (Å²) in [5.74, 6) is 0.653. The van der Waals surface area contributed by atoms with Gasteiger partial charge in [0.2, 0.25) is 0 Å². The number of halogens is 1. The molecule has 0 radical (unpaired) electrons. The molecule has 2 rings (SSSR count). The lowest BCUT2D eigenvalue weighted by atomic mass is 10.2. The Kier molecular flexibility index (Phi) is 6.20. The van der Waals surface area contributed by atoms with E-state index >= 15 is 0 Å². The van der Waals surface area contributed by atoms with Gasteiger partial charge in [0.05, 0.1) is 24.4 Å². The van der Waals surface area contributed by atoms with Crippen LogP contribution in [0.25, 0.3) is 0 Å². The lowest BCUT2D eigenvalue weighted by Gasteiger charge is -2.12. The van der Waals surface area contributed by atoms with Gasteiger partial charge in [-0.15, -0.1) is 0 Å². The van der Waals surface area contributed by atoms with Crippen LogP contribution in [0, 0.1) is 0 Å². The van der Waals surface area contributed by atoms with E-state index in [-0.39, 0.29) is 5.75 Å². The van der Waals surface area contributed by atoms with Crippen molar-refractivity contribution in [2.75, 3.05) is 13.7 Å². The zero-order chi connectivity index (χ0) is 17.5. The minimum Gasteiger partial charge on any atom is -0.507 e. The van der Waals surface area contributed by atoms with Crippen molar-refractivity contribution in [3.8, 4) is 17.2 Å². The molecule has 0 aliphatic heterocycles. The third-order valence-corrected chi connectivity index (χ3v) is 3.68. The Labute approximate surface area is 148 Å². The number of hydrazone groups is 1. The number of hydrogen-bond acceptors (Lipinski definition) is 5. The van der Waals surface area contributed by atoms with Crippen LogP contribution >= 0.6 is 15.9 Å². The minimum absolute atomic E-state index is 0.0842. The first-order valence-electron chi connectivity index (χ1n) is 7.18. The Hall–Kier alpha value is -2.54. The average molecular weight is 393 g/mol. The van der Waals surface area contributed by atoms with Crippen LogP contribution in [0.4, 0.5) is 0 Å². The Morgan fingerprint density at radius 2 is 2.12 bits per heavy atom. The predicted molar refractivity (Wildman–Crippen MR) is 95.0 cm³/mol. The van der Waals surface area contributed by atoms with Crippen LogP contribution in [0.1, 0.15) is 22.8 Å². The SMILES string of the molecule is CCOc1c(Br)cc(C(=O)N/N=C/c2ccccc2O)cc1OC. The first-order valence-corrected chi connectivity index (χ1v) is 7.97. The van der Waals surface area contributed by atoms with Gasteiger partial charge >= 0.3 is 0 Å². The average Bonchev–Trinajstić information content (AvgIpc) is 2.58. The molecular weight excluding hydrogens is 376 g/mol. The van der Waals surface area contributed by atoms with Crippen molar-refractivity contribution >= 4 is 28.1 Å². The fourth-order valence-electron chi connectivity index (χ4n) is 1.96. The summed E-state index contributed by atoms with van der Waals surface area (Å²) in [5, 5.41) is 13.5. The van der Waals surface area contributed by atoms with E-state index in [4.69, 9.17) is 9.47 Å². The van der Waals surface area contributed by atoms with E-state index in [2.05, 4.69) is 26.5 Å². The minimum atomic E-state index is -0.413. The third kappa shape index (κ3) is 4.26. The van der Waals surface area contributed by atoms with E-state index < -0.39 is 5.91 Å². The monoisotopic (exact) mass is 392 g/mol. The van der Waals surface area contributed by atoms with Gasteiger partial charge in [-0.3, -0.25) is 4.79 Å². The molecule has 2 aromatic rings. The summed E-state index contributed by atoms with van der Waals surface area (Å²) in [6.45, 7) is 2.34. The number of para-hydroxylation sites is 1. The van der Waals surface area contributed by atoms with Gasteiger partial charge < -0.3 is 14.6 Å². The van der Waals surface area contributed by atoms with Crippen molar-refractivity contribution in [3.63, 3.8) is 0 Å². The topological polar surface area (TPSA) is 80.2 Å². The lowest BCUT2D eigenvalue weighted by Crippen LogP contribution is -2.18. The molecule has 1 amide bonds. The number of nitrogens with zero attached hydrogens (tertiary/aromatic N) is 1. The first kappa shape index (κ1) is 17.8. The van der Waals surface area contributed by atoms with E-state index in [9.17, 15) is 9.90 Å². The Morgan fingerprint density at radius 1 is 1.38 bits per heavy atom. The predicted octanol–water partition coefficient (Wildman–Crippen LogP) is 3.33. The van der Waals surface area contributed by atoms with Crippen molar-refractivity contribution in [2.24, 2.45) is 5.10 Å². The highest BCUT2D eigenvalue weighted by atomic mass is 79.9. The summed E-state index contributed by atoms with van der Waals surface area (Å²) in [5.41, 5.74) is 3.27. The number of rotatable bonds is 6. The number of aromatic hydroxyl groups is 1. The van der Waals surface area contributed by atoms with Crippen molar-refractivity contribution in [1.29, 1.82) is 0 Å². The van der Waals surface area contributed by atoms with Crippen LogP contribution < -0.4 is 14.9 Å². The summed E-state index contributed by atoms with van der Waals surface area (Å²) in [4.78, 5) is 12.2. The smallest absolute Gasteiger partial charge is 0.271 e. The molecule has 126 valence electrons. The molecule has 0 saturated heterocycles. The highest BCUT2D eigenvalue weighted by Gasteiger charge is 2.15. The van der Waals surface area contributed by atoms with E-state index in [0.29, 0.717) is 33.7 Å². The molecule has 2 N–H and O–H groups in total. The summed E-state index contributed by atoms with van der Waals surface area (Å²) in [7, 11) is 1.50. The molecule has 0 unspecified atom stereocenters. The molecule has 0 heterocycles. The second kappa shape index (κ2) is 8.35. The standard InChI is InChI=1S/C17H17BrN2O4/c1-3-24-16-13(18)8-12(9-15(16)23-2)17(22)20-19-10-11-6-4-5-7-14(11)21/h4-10,21H,3H2,1-2H3,(H,20,22)/b19-10+. The zero-order valence-electron chi connectivity index (χ0n) is 13.2. The molecule has 0 saturated carbocycles. The van der Waals surface area contributed by atoms with Gasteiger partial charge in [-0.1, -0.05) is 12.1 Å². The second-order valence-corrected chi connectivity index (χ2v) is 5.53. The van der Waals surface area contributed by atoms with Gasteiger partial charge in [0.1, 0.15) is 5.75 Å². The fourth-order valence-corrected chi connectivity index (χ4v) is 2.51. The molecule has 24 heavy (non-hydrogen) atoms. The van der Waals surface area contributed by atoms with E-state index in [1.54, 1.807) is 30.3 Å². The fraction of sp³-hybridized carbons (Fsp3) is 0.176. The molecule has 0 aromatic heterocycles.